The van der Waals surface area contributed by atoms with Gasteiger partial charge in [0.25, 0.3) is 5.91 Å². The van der Waals surface area contributed by atoms with Crippen LogP contribution in [0.25, 0.3) is 0 Å². The van der Waals surface area contributed by atoms with Crippen LogP contribution in [0.2, 0.25) is 0 Å². The second-order valence-corrected chi connectivity index (χ2v) is 4.94. The predicted octanol–water partition coefficient (Wildman–Crippen LogP) is 2.20. The molecule has 2 aromatic rings. The average molecular weight is 317 g/mol. The van der Waals surface area contributed by atoms with E-state index in [4.69, 9.17) is 14.0 Å². The Kier molecular flexibility index (Phi) is 3.88. The predicted molar refractivity (Wildman–Crippen MR) is 80.9 cm³/mol. The summed E-state index contributed by atoms with van der Waals surface area (Å²) in [6.07, 6.45) is -0.419. The Balaban J connectivity index is 1.81. The third-order valence-electron chi connectivity index (χ3n) is 3.34. The Bertz CT molecular complexity index is 755. The summed E-state index contributed by atoms with van der Waals surface area (Å²) in [6, 6.07) is 6.53. The minimum atomic E-state index is -0.419. The fourth-order valence-corrected chi connectivity index (χ4v) is 2.25. The fraction of sp³-hybridized carbons (Fsp3) is 0.267. The molecule has 0 bridgehead atoms. The fourth-order valence-electron chi connectivity index (χ4n) is 2.25. The van der Waals surface area contributed by atoms with Crippen LogP contribution in [0.15, 0.2) is 28.8 Å². The number of hydrogen-bond donors (Lipinski definition) is 1. The molecule has 23 heavy (non-hydrogen) atoms. The molecule has 8 nitrogen and oxygen atoms in total. The number of ether oxygens (including phenoxy) is 2. The van der Waals surface area contributed by atoms with Crippen molar-refractivity contribution in [2.45, 2.75) is 6.92 Å². The quantitative estimate of drug-likeness (QED) is 0.929. The standard InChI is InChI=1S/C15H15N3O5/c1-9-7-13(23-17-9)14(19)16-10-3-4-11(12(8-10)21-2)18-5-6-22-15(18)20/h3-4,7-8H,5-6H2,1-2H3,(H,16,19). The van der Waals surface area contributed by atoms with Crippen molar-refractivity contribution in [3.8, 4) is 5.75 Å². The number of hydrogen-bond acceptors (Lipinski definition) is 6. The van der Waals surface area contributed by atoms with Crippen LogP contribution in [0.5, 0.6) is 5.75 Å². The zero-order valence-electron chi connectivity index (χ0n) is 12.7. The first kappa shape index (κ1) is 14.9. The van der Waals surface area contributed by atoms with Gasteiger partial charge in [-0.2, -0.15) is 0 Å². The van der Waals surface area contributed by atoms with Gasteiger partial charge in [0.2, 0.25) is 5.76 Å². The van der Waals surface area contributed by atoms with Gasteiger partial charge in [-0.25, -0.2) is 4.79 Å². The molecule has 0 atom stereocenters. The topological polar surface area (TPSA) is 93.9 Å². The Morgan fingerprint density at radius 2 is 2.22 bits per heavy atom. The summed E-state index contributed by atoms with van der Waals surface area (Å²) in [5.41, 5.74) is 1.72. The zero-order chi connectivity index (χ0) is 16.4. The lowest BCUT2D eigenvalue weighted by Crippen LogP contribution is -2.24. The number of anilines is 2. The molecular formula is C15H15N3O5. The van der Waals surface area contributed by atoms with E-state index in [-0.39, 0.29) is 5.76 Å². The van der Waals surface area contributed by atoms with Crippen LogP contribution in [0, 0.1) is 6.92 Å². The van der Waals surface area contributed by atoms with Gasteiger partial charge in [0.05, 0.1) is 25.0 Å². The lowest BCUT2D eigenvalue weighted by atomic mass is 10.2. The second-order valence-electron chi connectivity index (χ2n) is 4.94. The Morgan fingerprint density at radius 3 is 2.83 bits per heavy atom. The van der Waals surface area contributed by atoms with Gasteiger partial charge in [-0.1, -0.05) is 5.16 Å². The summed E-state index contributed by atoms with van der Waals surface area (Å²) in [5, 5.41) is 6.36. The molecule has 2 amide bonds. The summed E-state index contributed by atoms with van der Waals surface area (Å²) in [6.45, 7) is 2.52. The number of amides is 2. The minimum absolute atomic E-state index is 0.119. The first-order chi connectivity index (χ1) is 11.1. The molecule has 2 heterocycles. The van der Waals surface area contributed by atoms with Gasteiger partial charge in [-0.05, 0) is 19.1 Å². The molecule has 3 rings (SSSR count). The molecule has 1 N–H and O–H groups in total. The van der Waals surface area contributed by atoms with Gasteiger partial charge in [-0.15, -0.1) is 0 Å². The number of cyclic esters (lactones) is 1. The molecule has 0 spiro atoms. The molecule has 1 aliphatic heterocycles. The molecule has 1 fully saturated rings. The summed E-state index contributed by atoms with van der Waals surface area (Å²) >= 11 is 0. The number of aryl methyl sites for hydroxylation is 1. The smallest absolute Gasteiger partial charge is 0.414 e. The highest BCUT2D eigenvalue weighted by Gasteiger charge is 2.26. The second kappa shape index (κ2) is 5.99. The molecule has 8 heteroatoms. The highest BCUT2D eigenvalue weighted by molar-refractivity contribution is 6.02. The van der Waals surface area contributed by atoms with E-state index in [2.05, 4.69) is 10.5 Å². The van der Waals surface area contributed by atoms with Crippen LogP contribution >= 0.6 is 0 Å². The number of nitrogens with zero attached hydrogens (tertiary/aromatic N) is 2. The third-order valence-corrected chi connectivity index (χ3v) is 3.34. The van der Waals surface area contributed by atoms with Crippen molar-refractivity contribution in [3.63, 3.8) is 0 Å². The lowest BCUT2D eigenvalue weighted by Gasteiger charge is -2.17. The largest absolute Gasteiger partial charge is 0.494 e. The molecule has 1 aromatic carbocycles. The molecule has 0 radical (unpaired) electrons. The van der Waals surface area contributed by atoms with Crippen molar-refractivity contribution in [1.29, 1.82) is 0 Å². The van der Waals surface area contributed by atoms with E-state index in [1.807, 2.05) is 0 Å². The highest BCUT2D eigenvalue weighted by Crippen LogP contribution is 2.33. The number of aromatic nitrogens is 1. The van der Waals surface area contributed by atoms with Crippen LogP contribution in [0.3, 0.4) is 0 Å². The van der Waals surface area contributed by atoms with Crippen LogP contribution in [0.1, 0.15) is 16.2 Å². The van der Waals surface area contributed by atoms with Crippen LogP contribution in [0.4, 0.5) is 16.2 Å². The molecule has 0 unspecified atom stereocenters. The van der Waals surface area contributed by atoms with Gasteiger partial charge >= 0.3 is 6.09 Å². The maximum atomic E-state index is 12.1. The average Bonchev–Trinajstić information content (AvgIpc) is 3.16. The van der Waals surface area contributed by atoms with E-state index < -0.39 is 12.0 Å². The summed E-state index contributed by atoms with van der Waals surface area (Å²) in [4.78, 5) is 25.2. The first-order valence-corrected chi connectivity index (χ1v) is 6.95. The van der Waals surface area contributed by atoms with E-state index in [1.165, 1.54) is 12.0 Å². The Labute approximate surface area is 131 Å². The third kappa shape index (κ3) is 2.96. The van der Waals surface area contributed by atoms with Gasteiger partial charge in [0, 0.05) is 17.8 Å². The summed E-state index contributed by atoms with van der Waals surface area (Å²) in [7, 11) is 1.49. The van der Waals surface area contributed by atoms with Crippen molar-refractivity contribution in [2.75, 3.05) is 30.5 Å². The molecular weight excluding hydrogens is 302 g/mol. The van der Waals surface area contributed by atoms with Crippen LogP contribution in [-0.4, -0.2) is 37.4 Å². The SMILES string of the molecule is COc1cc(NC(=O)c2cc(C)no2)ccc1N1CCOC1=O. The molecule has 0 aliphatic carbocycles. The van der Waals surface area contributed by atoms with Gasteiger partial charge in [-0.3, -0.25) is 9.69 Å². The lowest BCUT2D eigenvalue weighted by molar-refractivity contribution is 0.0988. The zero-order valence-corrected chi connectivity index (χ0v) is 12.7. The molecule has 0 saturated carbocycles. The van der Waals surface area contributed by atoms with Gasteiger partial charge in [0.15, 0.2) is 0 Å². The first-order valence-electron chi connectivity index (χ1n) is 6.95. The maximum Gasteiger partial charge on any atom is 0.414 e. The van der Waals surface area contributed by atoms with Crippen molar-refractivity contribution in [3.05, 3.63) is 35.7 Å². The molecule has 1 aromatic heterocycles. The van der Waals surface area contributed by atoms with Gasteiger partial charge in [0.1, 0.15) is 12.4 Å². The van der Waals surface area contributed by atoms with E-state index in [9.17, 15) is 9.59 Å². The van der Waals surface area contributed by atoms with E-state index in [1.54, 1.807) is 31.2 Å². The summed E-state index contributed by atoms with van der Waals surface area (Å²) < 4.78 is 15.1. The van der Waals surface area contributed by atoms with E-state index in [0.717, 1.165) is 0 Å². The number of methoxy groups -OCH3 is 1. The van der Waals surface area contributed by atoms with Gasteiger partial charge < -0.3 is 19.3 Å². The molecule has 1 aliphatic rings. The van der Waals surface area contributed by atoms with E-state index >= 15 is 0 Å². The van der Waals surface area contributed by atoms with Crippen LogP contribution in [-0.2, 0) is 4.74 Å². The van der Waals surface area contributed by atoms with Crippen molar-refractivity contribution in [1.82, 2.24) is 5.16 Å². The summed E-state index contributed by atoms with van der Waals surface area (Å²) in [5.74, 6) is 0.157. The van der Waals surface area contributed by atoms with E-state index in [0.29, 0.717) is 36.0 Å². The monoisotopic (exact) mass is 317 g/mol. The highest BCUT2D eigenvalue weighted by atomic mass is 16.6. The number of carbonyl (C=O) groups excluding carboxylic acids is 2. The van der Waals surface area contributed by atoms with Crippen molar-refractivity contribution in [2.24, 2.45) is 0 Å². The van der Waals surface area contributed by atoms with Crippen molar-refractivity contribution >= 4 is 23.4 Å². The Morgan fingerprint density at radius 1 is 1.39 bits per heavy atom. The number of benzene rings is 1. The minimum Gasteiger partial charge on any atom is -0.494 e. The number of rotatable bonds is 4. The van der Waals surface area contributed by atoms with Crippen molar-refractivity contribution < 1.29 is 23.6 Å². The number of nitrogens with one attached hydrogen (secondary N) is 1. The number of carbonyl (C=O) groups is 2. The molecule has 1 saturated heterocycles. The normalized spacial score (nSPS) is 13.8. The van der Waals surface area contributed by atoms with Crippen LogP contribution < -0.4 is 15.0 Å². The maximum absolute atomic E-state index is 12.1. The Hall–Kier alpha value is -3.03. The molecule has 120 valence electrons.